The molecule has 0 spiro atoms. The molecule has 2 aromatic rings. The average molecular weight is 393 g/mol. The number of hydrogen-bond acceptors (Lipinski definition) is 3. The molecule has 1 heterocycles. The maximum Gasteiger partial charge on any atom is 0.228 e. The number of nitrogens with one attached hydrogen (secondary N) is 1. The quantitative estimate of drug-likeness (QED) is 0.846. The van der Waals surface area contributed by atoms with Crippen molar-refractivity contribution in [2.75, 3.05) is 18.4 Å². The zero-order valence-electron chi connectivity index (χ0n) is 14.3. The lowest BCUT2D eigenvalue weighted by Crippen LogP contribution is -2.44. The zero-order valence-corrected chi connectivity index (χ0v) is 15.8. The molecule has 1 atom stereocenters. The number of hydrogen-bond donors (Lipinski definition) is 1. The fourth-order valence-electron chi connectivity index (χ4n) is 3.08. The van der Waals surface area contributed by atoms with Crippen molar-refractivity contribution in [2.45, 2.75) is 18.6 Å². The molecule has 1 fully saturated rings. The Balaban J connectivity index is 1.67. The predicted molar refractivity (Wildman–Crippen MR) is 103 cm³/mol. The molecule has 1 N–H and O–H groups in total. The van der Waals surface area contributed by atoms with E-state index in [-0.39, 0.29) is 24.1 Å². The van der Waals surface area contributed by atoms with Crippen molar-refractivity contribution in [3.05, 3.63) is 65.2 Å². The van der Waals surface area contributed by atoms with Gasteiger partial charge >= 0.3 is 0 Å². The minimum absolute atomic E-state index is 0.145. The molecular weight excluding hydrogens is 372 g/mol. The third-order valence-electron chi connectivity index (χ3n) is 4.49. The minimum Gasteiger partial charge on any atom is -0.326 e. The highest BCUT2D eigenvalue weighted by molar-refractivity contribution is 7.88. The lowest BCUT2D eigenvalue weighted by atomic mass is 9.99. The molecule has 1 aliphatic heterocycles. The van der Waals surface area contributed by atoms with Crippen LogP contribution in [-0.4, -0.2) is 31.7 Å². The number of sulfonamides is 1. The van der Waals surface area contributed by atoms with E-state index in [9.17, 15) is 13.2 Å². The first-order valence-electron chi connectivity index (χ1n) is 8.53. The van der Waals surface area contributed by atoms with Crippen LogP contribution < -0.4 is 5.32 Å². The maximum atomic E-state index is 12.8. The normalized spacial score (nSPS) is 18.4. The van der Waals surface area contributed by atoms with Gasteiger partial charge in [0.05, 0.1) is 11.7 Å². The van der Waals surface area contributed by atoms with E-state index < -0.39 is 10.0 Å². The molecule has 1 aliphatic rings. The van der Waals surface area contributed by atoms with Crippen LogP contribution in [0.5, 0.6) is 0 Å². The number of para-hydroxylation sites is 1. The Morgan fingerprint density at radius 2 is 1.81 bits per heavy atom. The highest BCUT2D eigenvalue weighted by Crippen LogP contribution is 2.25. The van der Waals surface area contributed by atoms with Gasteiger partial charge in [0, 0.05) is 23.8 Å². The number of carbonyl (C=O) groups is 1. The van der Waals surface area contributed by atoms with Crippen LogP contribution in [0.25, 0.3) is 0 Å². The smallest absolute Gasteiger partial charge is 0.228 e. The summed E-state index contributed by atoms with van der Waals surface area (Å²) >= 11 is 6.09. The second kappa shape index (κ2) is 8.20. The molecular formula is C19H21ClN2O3S. The largest absolute Gasteiger partial charge is 0.326 e. The van der Waals surface area contributed by atoms with Gasteiger partial charge in [-0.25, -0.2) is 12.7 Å². The predicted octanol–water partition coefficient (Wildman–Crippen LogP) is 3.52. The highest BCUT2D eigenvalue weighted by Gasteiger charge is 2.32. The zero-order chi connectivity index (χ0) is 18.6. The first kappa shape index (κ1) is 18.9. The summed E-state index contributed by atoms with van der Waals surface area (Å²) in [7, 11) is -3.53. The number of rotatable bonds is 5. The standard InChI is InChI=1S/C19H21ClN2O3S/c20-18-11-5-4-7-16(18)14-26(24,25)22-12-6-8-15(13-22)19(23)21-17-9-2-1-3-10-17/h1-5,7,9-11,15H,6,8,12-14H2,(H,21,23)/t15-/m1/s1. The molecule has 0 aliphatic carbocycles. The average Bonchev–Trinajstić information content (AvgIpc) is 2.64. The van der Waals surface area contributed by atoms with Crippen LogP contribution in [0.3, 0.4) is 0 Å². The number of anilines is 1. The van der Waals surface area contributed by atoms with Crippen molar-refractivity contribution in [1.29, 1.82) is 0 Å². The summed E-state index contributed by atoms with van der Waals surface area (Å²) in [5.74, 6) is -0.654. The maximum absolute atomic E-state index is 12.8. The fourth-order valence-corrected chi connectivity index (χ4v) is 5.00. The number of halogens is 1. The molecule has 138 valence electrons. The van der Waals surface area contributed by atoms with Gasteiger partial charge in [-0.15, -0.1) is 0 Å². The van der Waals surface area contributed by atoms with E-state index in [1.54, 1.807) is 24.3 Å². The SMILES string of the molecule is O=C(Nc1ccccc1)[C@@H]1CCCN(S(=O)(=O)Cc2ccccc2Cl)C1. The van der Waals surface area contributed by atoms with E-state index in [0.717, 1.165) is 0 Å². The van der Waals surface area contributed by atoms with Crippen LogP contribution >= 0.6 is 11.6 Å². The Hall–Kier alpha value is -1.89. The summed E-state index contributed by atoms with van der Waals surface area (Å²) in [6.07, 6.45) is 1.34. The second-order valence-corrected chi connectivity index (χ2v) is 8.78. The van der Waals surface area contributed by atoms with Crippen LogP contribution in [0.15, 0.2) is 54.6 Å². The first-order valence-corrected chi connectivity index (χ1v) is 10.5. The molecule has 3 rings (SSSR count). The number of carbonyl (C=O) groups excluding carboxylic acids is 1. The van der Waals surface area contributed by atoms with Crippen molar-refractivity contribution >= 4 is 33.2 Å². The van der Waals surface area contributed by atoms with E-state index in [2.05, 4.69) is 5.32 Å². The van der Waals surface area contributed by atoms with Gasteiger partial charge in [-0.05, 0) is 36.6 Å². The van der Waals surface area contributed by atoms with Gasteiger partial charge in [-0.3, -0.25) is 4.79 Å². The molecule has 0 bridgehead atoms. The molecule has 1 saturated heterocycles. The molecule has 0 aromatic heterocycles. The van der Waals surface area contributed by atoms with E-state index in [4.69, 9.17) is 11.6 Å². The first-order chi connectivity index (χ1) is 12.5. The molecule has 0 saturated carbocycles. The van der Waals surface area contributed by atoms with E-state index in [1.165, 1.54) is 4.31 Å². The number of benzene rings is 2. The van der Waals surface area contributed by atoms with Gasteiger partial charge in [0.15, 0.2) is 0 Å². The van der Waals surface area contributed by atoms with Crippen molar-refractivity contribution in [2.24, 2.45) is 5.92 Å². The molecule has 2 aromatic carbocycles. The Morgan fingerprint density at radius 3 is 2.54 bits per heavy atom. The van der Waals surface area contributed by atoms with Gasteiger partial charge in [-0.1, -0.05) is 48.0 Å². The summed E-state index contributed by atoms with van der Waals surface area (Å²) in [5.41, 5.74) is 1.29. The lowest BCUT2D eigenvalue weighted by Gasteiger charge is -2.31. The lowest BCUT2D eigenvalue weighted by molar-refractivity contribution is -0.120. The van der Waals surface area contributed by atoms with E-state index >= 15 is 0 Å². The molecule has 1 amide bonds. The Kier molecular flexibility index (Phi) is 5.96. The summed E-state index contributed by atoms with van der Waals surface area (Å²) in [6, 6.07) is 16.1. The van der Waals surface area contributed by atoms with Crippen LogP contribution in [-0.2, 0) is 20.6 Å². The number of piperidine rings is 1. The Morgan fingerprint density at radius 1 is 1.12 bits per heavy atom. The van der Waals surface area contributed by atoms with Gasteiger partial charge in [0.2, 0.25) is 15.9 Å². The second-order valence-electron chi connectivity index (χ2n) is 6.40. The highest BCUT2D eigenvalue weighted by atomic mass is 35.5. The molecule has 0 radical (unpaired) electrons. The molecule has 26 heavy (non-hydrogen) atoms. The molecule has 5 nitrogen and oxygen atoms in total. The van der Waals surface area contributed by atoms with Crippen molar-refractivity contribution in [1.82, 2.24) is 4.31 Å². The van der Waals surface area contributed by atoms with Crippen molar-refractivity contribution in [3.63, 3.8) is 0 Å². The van der Waals surface area contributed by atoms with Crippen molar-refractivity contribution < 1.29 is 13.2 Å². The van der Waals surface area contributed by atoms with Crippen LogP contribution in [0.1, 0.15) is 18.4 Å². The third-order valence-corrected chi connectivity index (χ3v) is 6.65. The minimum atomic E-state index is -3.53. The topological polar surface area (TPSA) is 66.5 Å². The van der Waals surface area contributed by atoms with E-state index in [1.807, 2.05) is 30.3 Å². The number of amides is 1. The molecule has 7 heteroatoms. The number of nitrogens with zero attached hydrogens (tertiary/aromatic N) is 1. The van der Waals surface area contributed by atoms with Crippen LogP contribution in [0, 0.1) is 5.92 Å². The van der Waals surface area contributed by atoms with Gasteiger partial charge < -0.3 is 5.32 Å². The summed E-state index contributed by atoms with van der Waals surface area (Å²) in [6.45, 7) is 0.632. The third kappa shape index (κ3) is 4.63. The summed E-state index contributed by atoms with van der Waals surface area (Å²) in [4.78, 5) is 12.5. The van der Waals surface area contributed by atoms with Gasteiger partial charge in [0.25, 0.3) is 0 Å². The Bertz CT molecular complexity index is 871. The Labute approximate surface area is 159 Å². The monoisotopic (exact) mass is 392 g/mol. The summed E-state index contributed by atoms with van der Waals surface area (Å²) < 4.78 is 27.0. The van der Waals surface area contributed by atoms with Gasteiger partial charge in [-0.2, -0.15) is 0 Å². The van der Waals surface area contributed by atoms with Gasteiger partial charge in [0.1, 0.15) is 0 Å². The fraction of sp³-hybridized carbons (Fsp3) is 0.316. The van der Waals surface area contributed by atoms with Crippen LogP contribution in [0.2, 0.25) is 5.02 Å². The summed E-state index contributed by atoms with van der Waals surface area (Å²) in [5, 5.41) is 3.30. The van der Waals surface area contributed by atoms with Crippen molar-refractivity contribution in [3.8, 4) is 0 Å². The molecule has 0 unspecified atom stereocenters. The van der Waals surface area contributed by atoms with Crippen LogP contribution in [0.4, 0.5) is 5.69 Å². The van der Waals surface area contributed by atoms with E-state index in [0.29, 0.717) is 35.7 Å².